The van der Waals surface area contributed by atoms with Gasteiger partial charge in [-0.25, -0.2) is 4.98 Å². The number of nitrogens with one attached hydrogen (secondary N) is 1. The Morgan fingerprint density at radius 2 is 2.00 bits per heavy atom. The number of aryl methyl sites for hydroxylation is 1. The Hall–Kier alpha value is -2.54. The topological polar surface area (TPSA) is 57.9 Å². The monoisotopic (exact) mass is 293 g/mol. The lowest BCUT2D eigenvalue weighted by molar-refractivity contribution is 0.416. The van der Waals surface area contributed by atoms with Crippen molar-refractivity contribution in [1.82, 2.24) is 4.98 Å². The molecule has 0 bridgehead atoms. The molecule has 0 unspecified atom stereocenters. The van der Waals surface area contributed by atoms with Gasteiger partial charge in [0.05, 0.1) is 7.11 Å². The number of pyridine rings is 1. The van der Waals surface area contributed by atoms with Crippen LogP contribution in [-0.4, -0.2) is 19.1 Å². The first-order valence-electron chi connectivity index (χ1n) is 7.57. The van der Waals surface area contributed by atoms with E-state index in [1.54, 1.807) is 7.11 Å². The minimum atomic E-state index is 0.604. The Kier molecular flexibility index (Phi) is 3.97. The van der Waals surface area contributed by atoms with E-state index in [1.165, 1.54) is 5.56 Å². The fourth-order valence-corrected chi connectivity index (χ4v) is 3.18. The zero-order valence-electron chi connectivity index (χ0n) is 12.9. The molecule has 112 valence electrons. The third kappa shape index (κ3) is 2.29. The lowest BCUT2D eigenvalue weighted by Crippen LogP contribution is -2.12. The summed E-state index contributed by atoms with van der Waals surface area (Å²) in [5.74, 6) is 1.45. The number of benzene rings is 1. The summed E-state index contributed by atoms with van der Waals surface area (Å²) in [4.78, 5) is 4.67. The molecule has 1 aliphatic rings. The van der Waals surface area contributed by atoms with E-state index < -0.39 is 0 Å². The van der Waals surface area contributed by atoms with Crippen LogP contribution in [0.3, 0.4) is 0 Å². The van der Waals surface area contributed by atoms with Crippen molar-refractivity contribution in [3.05, 3.63) is 41.1 Å². The van der Waals surface area contributed by atoms with Crippen LogP contribution in [0.2, 0.25) is 0 Å². The van der Waals surface area contributed by atoms with Crippen LogP contribution in [0.1, 0.15) is 29.7 Å². The fraction of sp³-hybridized carbons (Fsp3) is 0.333. The molecule has 0 amide bonds. The van der Waals surface area contributed by atoms with E-state index in [-0.39, 0.29) is 0 Å². The summed E-state index contributed by atoms with van der Waals surface area (Å²) in [6, 6.07) is 10.2. The molecule has 0 fully saturated rings. The highest BCUT2D eigenvalue weighted by molar-refractivity contribution is 5.83. The van der Waals surface area contributed by atoms with Gasteiger partial charge in [-0.2, -0.15) is 5.26 Å². The van der Waals surface area contributed by atoms with E-state index in [0.717, 1.165) is 48.3 Å². The molecule has 1 aliphatic carbocycles. The second kappa shape index (κ2) is 6.07. The zero-order chi connectivity index (χ0) is 15.5. The van der Waals surface area contributed by atoms with E-state index in [1.807, 2.05) is 31.3 Å². The first-order chi connectivity index (χ1) is 10.8. The Morgan fingerprint density at radius 3 is 2.73 bits per heavy atom. The van der Waals surface area contributed by atoms with E-state index >= 15 is 0 Å². The molecule has 2 aromatic rings. The highest BCUT2D eigenvalue weighted by atomic mass is 16.5. The maximum atomic E-state index is 9.69. The summed E-state index contributed by atoms with van der Waals surface area (Å²) >= 11 is 0. The number of fused-ring (bicyclic) bond motifs is 1. The molecule has 0 saturated heterocycles. The van der Waals surface area contributed by atoms with Crippen LogP contribution >= 0.6 is 0 Å². The van der Waals surface area contributed by atoms with Crippen LogP contribution in [0, 0.1) is 11.3 Å². The van der Waals surface area contributed by atoms with Crippen LogP contribution in [0.15, 0.2) is 24.3 Å². The van der Waals surface area contributed by atoms with Gasteiger partial charge in [0, 0.05) is 23.9 Å². The molecule has 4 nitrogen and oxygen atoms in total. The third-order valence-corrected chi connectivity index (χ3v) is 4.20. The second-order valence-corrected chi connectivity index (χ2v) is 5.40. The summed E-state index contributed by atoms with van der Waals surface area (Å²) in [6.45, 7) is 0. The Bertz CT molecular complexity index is 747. The average molecular weight is 293 g/mol. The van der Waals surface area contributed by atoms with Crippen LogP contribution in [0.5, 0.6) is 5.75 Å². The minimum absolute atomic E-state index is 0.604. The van der Waals surface area contributed by atoms with Crippen molar-refractivity contribution in [2.24, 2.45) is 0 Å². The van der Waals surface area contributed by atoms with E-state index in [2.05, 4.69) is 16.4 Å². The quantitative estimate of drug-likeness (QED) is 0.940. The molecular weight excluding hydrogens is 274 g/mol. The Morgan fingerprint density at radius 1 is 1.23 bits per heavy atom. The smallest absolute Gasteiger partial charge is 0.144 e. The summed E-state index contributed by atoms with van der Waals surface area (Å²) in [5, 5.41) is 12.8. The first kappa shape index (κ1) is 14.4. The molecule has 1 heterocycles. The largest absolute Gasteiger partial charge is 0.496 e. The van der Waals surface area contributed by atoms with Crippen molar-refractivity contribution in [3.63, 3.8) is 0 Å². The molecule has 0 atom stereocenters. The molecule has 0 radical (unpaired) electrons. The lowest BCUT2D eigenvalue weighted by atomic mass is 9.86. The first-order valence-corrected chi connectivity index (χ1v) is 7.57. The molecule has 1 aromatic heterocycles. The number of nitriles is 1. The van der Waals surface area contributed by atoms with Gasteiger partial charge in [-0.05, 0) is 37.3 Å². The van der Waals surface area contributed by atoms with Gasteiger partial charge in [0.2, 0.25) is 0 Å². The second-order valence-electron chi connectivity index (χ2n) is 5.40. The maximum Gasteiger partial charge on any atom is 0.144 e. The molecule has 1 aromatic carbocycles. The van der Waals surface area contributed by atoms with Gasteiger partial charge in [0.15, 0.2) is 0 Å². The number of methoxy groups -OCH3 is 1. The number of nitrogens with zero attached hydrogens (tertiary/aromatic N) is 2. The van der Waals surface area contributed by atoms with Crippen molar-refractivity contribution in [3.8, 4) is 22.9 Å². The zero-order valence-corrected chi connectivity index (χ0v) is 12.9. The van der Waals surface area contributed by atoms with Crippen molar-refractivity contribution < 1.29 is 4.74 Å². The Balaban J connectivity index is 2.36. The molecule has 1 N–H and O–H groups in total. The summed E-state index contributed by atoms with van der Waals surface area (Å²) in [5.41, 5.74) is 4.86. The van der Waals surface area contributed by atoms with Gasteiger partial charge in [0.25, 0.3) is 0 Å². The number of para-hydroxylation sites is 1. The van der Waals surface area contributed by atoms with Gasteiger partial charge in [0.1, 0.15) is 23.2 Å². The summed E-state index contributed by atoms with van der Waals surface area (Å²) < 4.78 is 5.51. The number of anilines is 1. The van der Waals surface area contributed by atoms with E-state index in [0.29, 0.717) is 11.4 Å². The van der Waals surface area contributed by atoms with Crippen LogP contribution in [-0.2, 0) is 12.8 Å². The number of ether oxygens (including phenoxy) is 1. The number of hydrogen-bond donors (Lipinski definition) is 1. The van der Waals surface area contributed by atoms with Crippen molar-refractivity contribution in [2.45, 2.75) is 25.7 Å². The standard InChI is InChI=1S/C18H19N3O/c1-20-18-14(11-19)17(12-7-3-5-9-15(12)21-18)13-8-4-6-10-16(13)22-2/h4,6,8,10H,3,5,7,9H2,1-2H3,(H,20,21). The van der Waals surface area contributed by atoms with Gasteiger partial charge in [-0.15, -0.1) is 0 Å². The molecule has 0 aliphatic heterocycles. The van der Waals surface area contributed by atoms with Crippen LogP contribution < -0.4 is 10.1 Å². The Labute approximate surface area is 130 Å². The highest BCUT2D eigenvalue weighted by Gasteiger charge is 2.24. The minimum Gasteiger partial charge on any atom is -0.496 e. The predicted molar refractivity (Wildman–Crippen MR) is 87.1 cm³/mol. The number of hydrogen-bond acceptors (Lipinski definition) is 4. The maximum absolute atomic E-state index is 9.69. The van der Waals surface area contributed by atoms with Crippen molar-refractivity contribution in [1.29, 1.82) is 5.26 Å². The average Bonchev–Trinajstić information content (AvgIpc) is 2.59. The van der Waals surface area contributed by atoms with Crippen LogP contribution in [0.25, 0.3) is 11.1 Å². The number of aromatic nitrogens is 1. The SMILES string of the molecule is CNc1nc2c(c(-c3ccccc3OC)c1C#N)CCCC2. The molecule has 4 heteroatoms. The van der Waals surface area contributed by atoms with Crippen molar-refractivity contribution >= 4 is 5.82 Å². The lowest BCUT2D eigenvalue weighted by Gasteiger charge is -2.22. The molecular formula is C18H19N3O. The van der Waals surface area contributed by atoms with Gasteiger partial charge in [-0.1, -0.05) is 18.2 Å². The van der Waals surface area contributed by atoms with Gasteiger partial charge < -0.3 is 10.1 Å². The molecule has 3 rings (SSSR count). The third-order valence-electron chi connectivity index (χ3n) is 4.20. The summed E-state index contributed by atoms with van der Waals surface area (Å²) in [7, 11) is 3.47. The van der Waals surface area contributed by atoms with Gasteiger partial charge >= 0.3 is 0 Å². The molecule has 0 spiro atoms. The van der Waals surface area contributed by atoms with E-state index in [9.17, 15) is 5.26 Å². The van der Waals surface area contributed by atoms with Crippen LogP contribution in [0.4, 0.5) is 5.82 Å². The van der Waals surface area contributed by atoms with Crippen molar-refractivity contribution in [2.75, 3.05) is 19.5 Å². The molecule has 22 heavy (non-hydrogen) atoms. The van der Waals surface area contributed by atoms with E-state index in [4.69, 9.17) is 4.74 Å². The normalized spacial score (nSPS) is 13.1. The van der Waals surface area contributed by atoms with Gasteiger partial charge in [-0.3, -0.25) is 0 Å². The number of rotatable bonds is 3. The fourth-order valence-electron chi connectivity index (χ4n) is 3.18. The predicted octanol–water partition coefficient (Wildman–Crippen LogP) is 3.55. The molecule has 0 saturated carbocycles. The summed E-state index contributed by atoms with van der Waals surface area (Å²) in [6.07, 6.45) is 4.23. The highest BCUT2D eigenvalue weighted by Crippen LogP contribution is 2.40.